The average molecular weight is 288 g/mol. The van der Waals surface area contributed by atoms with Crippen LogP contribution in [0, 0.1) is 0 Å². The van der Waals surface area contributed by atoms with Crippen molar-refractivity contribution < 1.29 is 0 Å². The lowest BCUT2D eigenvalue weighted by Gasteiger charge is -2.20. The molecule has 0 saturated heterocycles. The van der Waals surface area contributed by atoms with Crippen LogP contribution in [0.15, 0.2) is 24.8 Å². The maximum absolute atomic E-state index is 4.50. The van der Waals surface area contributed by atoms with E-state index in [1.807, 2.05) is 12.5 Å². The summed E-state index contributed by atoms with van der Waals surface area (Å²) in [5.41, 5.74) is 2.71. The smallest absolute Gasteiger partial charge is 0.0949 e. The van der Waals surface area contributed by atoms with E-state index in [0.29, 0.717) is 0 Å². The highest BCUT2D eigenvalue weighted by atomic mass is 15.3. The summed E-state index contributed by atoms with van der Waals surface area (Å²) in [5.74, 6) is 0. The van der Waals surface area contributed by atoms with Gasteiger partial charge in [-0.1, -0.05) is 41.5 Å². The Morgan fingerprint density at radius 2 is 1.71 bits per heavy atom. The molecule has 0 N–H and O–H groups in total. The number of hydrogen-bond acceptors (Lipinski definition) is 2. The molecule has 0 saturated carbocycles. The monoisotopic (exact) mass is 288 g/mol. The average Bonchev–Trinajstić information content (AvgIpc) is 2.95. The van der Waals surface area contributed by atoms with Crippen molar-refractivity contribution in [3.05, 3.63) is 36.2 Å². The lowest BCUT2D eigenvalue weighted by atomic mass is 9.92. The number of aryl methyl sites for hydroxylation is 2. The fourth-order valence-electron chi connectivity index (χ4n) is 2.42. The first-order valence-electron chi connectivity index (χ1n) is 7.72. The number of imidazole rings is 1. The van der Waals surface area contributed by atoms with E-state index in [0.717, 1.165) is 25.2 Å². The van der Waals surface area contributed by atoms with Crippen molar-refractivity contribution in [2.24, 2.45) is 0 Å². The SMILES string of the molecule is CC(C)(C)c1cn(CCCn2nccc2C(C)(C)C)cn1. The van der Waals surface area contributed by atoms with Crippen molar-refractivity contribution in [1.82, 2.24) is 19.3 Å². The summed E-state index contributed by atoms with van der Waals surface area (Å²) in [4.78, 5) is 4.50. The minimum atomic E-state index is 0.118. The number of hydrogen-bond donors (Lipinski definition) is 0. The molecule has 0 aliphatic carbocycles. The molecule has 2 heterocycles. The predicted octanol–water partition coefficient (Wildman–Crippen LogP) is 3.76. The van der Waals surface area contributed by atoms with Gasteiger partial charge in [-0.25, -0.2) is 4.98 Å². The molecule has 0 fully saturated rings. The van der Waals surface area contributed by atoms with Gasteiger partial charge in [-0.15, -0.1) is 0 Å². The van der Waals surface area contributed by atoms with Gasteiger partial charge in [0.15, 0.2) is 0 Å². The molecule has 21 heavy (non-hydrogen) atoms. The van der Waals surface area contributed by atoms with Crippen LogP contribution in [0.5, 0.6) is 0 Å². The van der Waals surface area contributed by atoms with Crippen LogP contribution in [0.1, 0.15) is 59.4 Å². The summed E-state index contributed by atoms with van der Waals surface area (Å²) < 4.78 is 4.31. The molecule has 0 unspecified atom stereocenters. The summed E-state index contributed by atoms with van der Waals surface area (Å²) >= 11 is 0. The standard InChI is InChI=1S/C17H28N4/c1-16(2,3)14-12-20(13-18-14)10-7-11-21-15(8-9-19-21)17(4,5)6/h8-9,12-13H,7,10-11H2,1-6H3. The molecule has 0 radical (unpaired) electrons. The highest BCUT2D eigenvalue weighted by molar-refractivity contribution is 5.12. The third kappa shape index (κ3) is 3.96. The topological polar surface area (TPSA) is 35.6 Å². The highest BCUT2D eigenvalue weighted by Crippen LogP contribution is 2.22. The number of nitrogens with zero attached hydrogens (tertiary/aromatic N) is 4. The van der Waals surface area contributed by atoms with Crippen molar-refractivity contribution in [2.75, 3.05) is 0 Å². The Balaban J connectivity index is 1.94. The van der Waals surface area contributed by atoms with Gasteiger partial charge in [-0.3, -0.25) is 4.68 Å². The van der Waals surface area contributed by atoms with Crippen LogP contribution < -0.4 is 0 Å². The Morgan fingerprint density at radius 1 is 1.00 bits per heavy atom. The van der Waals surface area contributed by atoms with Gasteiger partial charge < -0.3 is 4.57 Å². The molecular weight excluding hydrogens is 260 g/mol. The van der Waals surface area contributed by atoms with Crippen LogP contribution in [0.3, 0.4) is 0 Å². The maximum Gasteiger partial charge on any atom is 0.0949 e. The zero-order valence-corrected chi connectivity index (χ0v) is 14.2. The summed E-state index contributed by atoms with van der Waals surface area (Å²) in [5, 5.41) is 4.45. The molecule has 2 aromatic heterocycles. The third-order valence-electron chi connectivity index (χ3n) is 3.67. The third-order valence-corrected chi connectivity index (χ3v) is 3.67. The molecule has 0 aromatic carbocycles. The second-order valence-corrected chi connectivity index (χ2v) is 7.79. The Hall–Kier alpha value is -1.58. The zero-order chi connectivity index (χ0) is 15.7. The lowest BCUT2D eigenvalue weighted by Crippen LogP contribution is -2.19. The van der Waals surface area contributed by atoms with Gasteiger partial charge >= 0.3 is 0 Å². The molecule has 4 nitrogen and oxygen atoms in total. The molecule has 0 atom stereocenters. The van der Waals surface area contributed by atoms with Crippen molar-refractivity contribution in [1.29, 1.82) is 0 Å². The summed E-state index contributed by atoms with van der Waals surface area (Å²) in [7, 11) is 0. The normalized spacial score (nSPS) is 12.9. The summed E-state index contributed by atoms with van der Waals surface area (Å²) in [6.45, 7) is 15.2. The molecule has 0 aliphatic heterocycles. The Morgan fingerprint density at radius 3 is 2.29 bits per heavy atom. The van der Waals surface area contributed by atoms with Crippen LogP contribution in [0.25, 0.3) is 0 Å². The minimum Gasteiger partial charge on any atom is -0.337 e. The van der Waals surface area contributed by atoms with Crippen molar-refractivity contribution in [3.63, 3.8) is 0 Å². The molecule has 0 aliphatic rings. The van der Waals surface area contributed by atoms with E-state index in [1.54, 1.807) is 0 Å². The first-order valence-corrected chi connectivity index (χ1v) is 7.72. The van der Waals surface area contributed by atoms with Crippen molar-refractivity contribution in [2.45, 2.75) is 71.9 Å². The summed E-state index contributed by atoms with van der Waals surface area (Å²) in [6.07, 6.45) is 7.06. The number of aromatic nitrogens is 4. The molecule has 2 rings (SSSR count). The quantitative estimate of drug-likeness (QED) is 0.858. The van der Waals surface area contributed by atoms with Crippen LogP contribution in [0.2, 0.25) is 0 Å². The van der Waals surface area contributed by atoms with E-state index in [2.05, 4.69) is 73.1 Å². The van der Waals surface area contributed by atoms with Gasteiger partial charge in [0, 0.05) is 42.0 Å². The van der Waals surface area contributed by atoms with Gasteiger partial charge in [0.05, 0.1) is 12.0 Å². The Bertz CT molecular complexity index is 578. The van der Waals surface area contributed by atoms with Gasteiger partial charge in [-0.05, 0) is 12.5 Å². The molecule has 0 spiro atoms. The molecule has 0 amide bonds. The van der Waals surface area contributed by atoms with Crippen molar-refractivity contribution in [3.8, 4) is 0 Å². The van der Waals surface area contributed by atoms with E-state index < -0.39 is 0 Å². The van der Waals surface area contributed by atoms with E-state index in [-0.39, 0.29) is 10.8 Å². The molecular formula is C17H28N4. The van der Waals surface area contributed by atoms with E-state index in [9.17, 15) is 0 Å². The molecule has 2 aromatic rings. The lowest BCUT2D eigenvalue weighted by molar-refractivity contribution is 0.458. The second kappa shape index (κ2) is 5.66. The fraction of sp³-hybridized carbons (Fsp3) is 0.647. The van der Waals surface area contributed by atoms with Crippen LogP contribution in [-0.4, -0.2) is 19.3 Å². The highest BCUT2D eigenvalue weighted by Gasteiger charge is 2.19. The van der Waals surface area contributed by atoms with Gasteiger partial charge in [0.25, 0.3) is 0 Å². The molecule has 0 bridgehead atoms. The van der Waals surface area contributed by atoms with E-state index in [1.165, 1.54) is 5.69 Å². The predicted molar refractivity (Wildman–Crippen MR) is 86.5 cm³/mol. The summed E-state index contributed by atoms with van der Waals surface area (Å²) in [6, 6.07) is 2.12. The van der Waals surface area contributed by atoms with Crippen LogP contribution in [-0.2, 0) is 23.9 Å². The molecule has 4 heteroatoms. The Kier molecular flexibility index (Phi) is 4.26. The first-order chi connectivity index (χ1) is 9.68. The molecule has 116 valence electrons. The largest absolute Gasteiger partial charge is 0.337 e. The first kappa shape index (κ1) is 15.8. The minimum absolute atomic E-state index is 0.118. The fourth-order valence-corrected chi connectivity index (χ4v) is 2.42. The Labute approximate surface area is 128 Å². The zero-order valence-electron chi connectivity index (χ0n) is 14.2. The van der Waals surface area contributed by atoms with Gasteiger partial charge in [-0.2, -0.15) is 5.10 Å². The van der Waals surface area contributed by atoms with Gasteiger partial charge in [0.1, 0.15) is 0 Å². The second-order valence-electron chi connectivity index (χ2n) is 7.79. The van der Waals surface area contributed by atoms with Crippen LogP contribution in [0.4, 0.5) is 0 Å². The van der Waals surface area contributed by atoms with Gasteiger partial charge in [0.2, 0.25) is 0 Å². The maximum atomic E-state index is 4.50. The van der Waals surface area contributed by atoms with Crippen LogP contribution >= 0.6 is 0 Å². The number of rotatable bonds is 4. The van der Waals surface area contributed by atoms with E-state index >= 15 is 0 Å². The van der Waals surface area contributed by atoms with E-state index in [4.69, 9.17) is 0 Å². The van der Waals surface area contributed by atoms with Crippen molar-refractivity contribution >= 4 is 0 Å².